The summed E-state index contributed by atoms with van der Waals surface area (Å²) in [4.78, 5) is 34.9. The Morgan fingerprint density at radius 2 is 1.52 bits per heavy atom. The fourth-order valence-corrected chi connectivity index (χ4v) is 2.50. The van der Waals surface area contributed by atoms with Crippen molar-refractivity contribution in [2.45, 2.75) is 26.2 Å². The average molecular weight is 316 g/mol. The van der Waals surface area contributed by atoms with Gasteiger partial charge in [0.05, 0.1) is 11.8 Å². The summed E-state index contributed by atoms with van der Waals surface area (Å²) in [6.45, 7) is 1.77. The Bertz CT molecular complexity index is 622. The molecule has 0 fully saturated rings. The van der Waals surface area contributed by atoms with Crippen LogP contribution in [-0.2, 0) is 14.4 Å². The van der Waals surface area contributed by atoms with Gasteiger partial charge in [0.15, 0.2) is 0 Å². The van der Waals surface area contributed by atoms with Crippen molar-refractivity contribution in [3.63, 3.8) is 0 Å². The summed E-state index contributed by atoms with van der Waals surface area (Å²) in [5.41, 5.74) is 1.22. The zero-order chi connectivity index (χ0) is 16.8. The highest BCUT2D eigenvalue weighted by molar-refractivity contribution is 5.96. The van der Waals surface area contributed by atoms with Crippen molar-refractivity contribution in [3.8, 4) is 0 Å². The van der Waals surface area contributed by atoms with Crippen LogP contribution in [0.1, 0.15) is 26.2 Å². The first-order chi connectivity index (χ1) is 11.0. The van der Waals surface area contributed by atoms with Crippen molar-refractivity contribution in [1.29, 1.82) is 0 Å². The summed E-state index contributed by atoms with van der Waals surface area (Å²) < 4.78 is 0. The maximum Gasteiger partial charge on any atom is 0.307 e. The second-order valence-electron chi connectivity index (χ2n) is 5.46. The molecular formula is C17H20N2O4. The lowest BCUT2D eigenvalue weighted by molar-refractivity contribution is -0.146. The number of rotatable bonds is 5. The molecule has 0 spiro atoms. The minimum absolute atomic E-state index is 0.0833. The van der Waals surface area contributed by atoms with E-state index in [0.717, 1.165) is 0 Å². The average Bonchev–Trinajstić information content (AvgIpc) is 2.56. The van der Waals surface area contributed by atoms with Gasteiger partial charge in [-0.1, -0.05) is 19.1 Å². The molecule has 0 aliphatic heterocycles. The van der Waals surface area contributed by atoms with Crippen LogP contribution in [0.5, 0.6) is 0 Å². The summed E-state index contributed by atoms with van der Waals surface area (Å²) in [6.07, 6.45) is 4.83. The van der Waals surface area contributed by atoms with E-state index < -0.39 is 17.8 Å². The molecule has 1 aromatic rings. The van der Waals surface area contributed by atoms with Gasteiger partial charge in [0, 0.05) is 17.8 Å². The van der Waals surface area contributed by atoms with Crippen LogP contribution in [0.15, 0.2) is 36.4 Å². The van der Waals surface area contributed by atoms with Gasteiger partial charge >= 0.3 is 5.97 Å². The molecular weight excluding hydrogens is 296 g/mol. The van der Waals surface area contributed by atoms with E-state index in [9.17, 15) is 19.5 Å². The van der Waals surface area contributed by atoms with Gasteiger partial charge in [-0.05, 0) is 37.1 Å². The summed E-state index contributed by atoms with van der Waals surface area (Å²) in [5.74, 6) is -2.60. The molecule has 0 radical (unpaired) electrons. The first-order valence-corrected chi connectivity index (χ1v) is 7.60. The second-order valence-corrected chi connectivity index (χ2v) is 5.46. The van der Waals surface area contributed by atoms with Gasteiger partial charge in [-0.25, -0.2) is 0 Å². The van der Waals surface area contributed by atoms with E-state index in [1.165, 1.54) is 0 Å². The molecule has 3 N–H and O–H groups in total. The van der Waals surface area contributed by atoms with Gasteiger partial charge in [0.25, 0.3) is 0 Å². The Morgan fingerprint density at radius 3 is 2.04 bits per heavy atom. The third-order valence-electron chi connectivity index (χ3n) is 3.84. The Balaban J connectivity index is 2.00. The minimum Gasteiger partial charge on any atom is -0.481 e. The smallest absolute Gasteiger partial charge is 0.307 e. The molecule has 0 aromatic heterocycles. The van der Waals surface area contributed by atoms with Crippen molar-refractivity contribution in [1.82, 2.24) is 0 Å². The first-order valence-electron chi connectivity index (χ1n) is 7.60. The molecule has 0 saturated heterocycles. The molecule has 0 heterocycles. The molecule has 2 atom stereocenters. The SMILES string of the molecule is CCC(=O)Nc1ccc(NC(=O)[C@@H]2CC=CC[C@@H]2C(=O)O)cc1. The molecule has 122 valence electrons. The lowest BCUT2D eigenvalue weighted by Gasteiger charge is -2.24. The number of carbonyl (C=O) groups is 3. The molecule has 0 unspecified atom stereocenters. The highest BCUT2D eigenvalue weighted by Crippen LogP contribution is 2.27. The lowest BCUT2D eigenvalue weighted by atomic mass is 9.82. The van der Waals surface area contributed by atoms with Crippen LogP contribution in [0.25, 0.3) is 0 Å². The number of anilines is 2. The lowest BCUT2D eigenvalue weighted by Crippen LogP contribution is -2.34. The van der Waals surface area contributed by atoms with Crippen molar-refractivity contribution in [2.24, 2.45) is 11.8 Å². The quantitative estimate of drug-likeness (QED) is 0.728. The number of carboxylic acid groups (broad SMARTS) is 1. The van der Waals surface area contributed by atoms with Crippen molar-refractivity contribution in [2.75, 3.05) is 10.6 Å². The van der Waals surface area contributed by atoms with Gasteiger partial charge in [-0.2, -0.15) is 0 Å². The summed E-state index contributed by atoms with van der Waals surface area (Å²) >= 11 is 0. The highest BCUT2D eigenvalue weighted by Gasteiger charge is 2.33. The van der Waals surface area contributed by atoms with E-state index in [1.54, 1.807) is 37.3 Å². The van der Waals surface area contributed by atoms with Crippen LogP contribution < -0.4 is 10.6 Å². The molecule has 2 amide bonds. The van der Waals surface area contributed by atoms with Crippen LogP contribution >= 0.6 is 0 Å². The molecule has 0 bridgehead atoms. The van der Waals surface area contributed by atoms with Gasteiger partial charge in [-0.3, -0.25) is 14.4 Å². The number of nitrogens with one attached hydrogen (secondary N) is 2. The van der Waals surface area contributed by atoms with Crippen LogP contribution in [0.3, 0.4) is 0 Å². The summed E-state index contributed by atoms with van der Waals surface area (Å²) in [6, 6.07) is 6.74. The number of amides is 2. The zero-order valence-corrected chi connectivity index (χ0v) is 12.9. The fraction of sp³-hybridized carbons (Fsp3) is 0.353. The van der Waals surface area contributed by atoms with Crippen LogP contribution in [0.4, 0.5) is 11.4 Å². The Labute approximate surface area is 134 Å². The predicted octanol–water partition coefficient (Wildman–Crippen LogP) is 2.64. The van der Waals surface area contributed by atoms with E-state index in [4.69, 9.17) is 0 Å². The number of hydrogen-bond acceptors (Lipinski definition) is 3. The number of hydrogen-bond donors (Lipinski definition) is 3. The van der Waals surface area contributed by atoms with E-state index in [2.05, 4.69) is 10.6 Å². The molecule has 0 saturated carbocycles. The predicted molar refractivity (Wildman–Crippen MR) is 87.0 cm³/mol. The van der Waals surface area contributed by atoms with Gasteiger partial charge < -0.3 is 15.7 Å². The Kier molecular flexibility index (Phi) is 5.51. The maximum absolute atomic E-state index is 12.3. The van der Waals surface area contributed by atoms with Crippen molar-refractivity contribution in [3.05, 3.63) is 36.4 Å². The van der Waals surface area contributed by atoms with Crippen LogP contribution in [0, 0.1) is 11.8 Å². The minimum atomic E-state index is -0.952. The Morgan fingerprint density at radius 1 is 1.00 bits per heavy atom. The third-order valence-corrected chi connectivity index (χ3v) is 3.84. The summed E-state index contributed by atoms with van der Waals surface area (Å²) in [5, 5.41) is 14.7. The zero-order valence-electron chi connectivity index (χ0n) is 12.9. The molecule has 6 nitrogen and oxygen atoms in total. The van der Waals surface area contributed by atoms with E-state index in [-0.39, 0.29) is 11.8 Å². The standard InChI is InChI=1S/C17H20N2O4/c1-2-15(20)18-11-7-9-12(10-8-11)19-16(21)13-5-3-4-6-14(13)17(22)23/h3-4,7-10,13-14H,2,5-6H2,1H3,(H,18,20)(H,19,21)(H,22,23)/t13-,14+/m1/s1. The molecule has 6 heteroatoms. The second kappa shape index (κ2) is 7.58. The maximum atomic E-state index is 12.3. The first kappa shape index (κ1) is 16.7. The normalized spacial score (nSPS) is 19.9. The van der Waals surface area contributed by atoms with Gasteiger partial charge in [0.1, 0.15) is 0 Å². The summed E-state index contributed by atoms with van der Waals surface area (Å²) in [7, 11) is 0. The number of carbonyl (C=O) groups excluding carboxylic acids is 2. The van der Waals surface area contributed by atoms with Crippen LogP contribution in [0.2, 0.25) is 0 Å². The van der Waals surface area contributed by atoms with Crippen molar-refractivity contribution < 1.29 is 19.5 Å². The molecule has 1 aromatic carbocycles. The topological polar surface area (TPSA) is 95.5 Å². The van der Waals surface area contributed by atoms with Crippen LogP contribution in [-0.4, -0.2) is 22.9 Å². The molecule has 1 aliphatic carbocycles. The van der Waals surface area contributed by atoms with Gasteiger partial charge in [-0.15, -0.1) is 0 Å². The monoisotopic (exact) mass is 316 g/mol. The third kappa shape index (κ3) is 4.42. The van der Waals surface area contributed by atoms with Crippen molar-refractivity contribution >= 4 is 29.2 Å². The number of benzene rings is 1. The highest BCUT2D eigenvalue weighted by atomic mass is 16.4. The number of allylic oxidation sites excluding steroid dienone is 2. The molecule has 2 rings (SSSR count). The fourth-order valence-electron chi connectivity index (χ4n) is 2.50. The van der Waals surface area contributed by atoms with E-state index in [0.29, 0.717) is 30.6 Å². The van der Waals surface area contributed by atoms with E-state index in [1.807, 2.05) is 6.08 Å². The largest absolute Gasteiger partial charge is 0.481 e. The van der Waals surface area contributed by atoms with Gasteiger partial charge in [0.2, 0.25) is 11.8 Å². The molecule has 23 heavy (non-hydrogen) atoms. The molecule has 1 aliphatic rings. The van der Waals surface area contributed by atoms with E-state index >= 15 is 0 Å². The number of carboxylic acids is 1. The number of aliphatic carboxylic acids is 1. The Hall–Kier alpha value is -2.63.